The summed E-state index contributed by atoms with van der Waals surface area (Å²) in [6.07, 6.45) is 5.07. The molecule has 0 amide bonds. The van der Waals surface area contributed by atoms with E-state index in [9.17, 15) is 4.79 Å². The highest BCUT2D eigenvalue weighted by Crippen LogP contribution is 2.47. The predicted molar refractivity (Wildman–Crippen MR) is 157 cm³/mol. The summed E-state index contributed by atoms with van der Waals surface area (Å²) in [5, 5.41) is 12.2. The third-order valence-electron chi connectivity index (χ3n) is 7.37. The van der Waals surface area contributed by atoms with Crippen LogP contribution in [0.15, 0.2) is 69.7 Å². The standard InChI is InChI=1S/C33H32N4O3/c1-20-11-13-23(14-12-20)15-16-27-30(22(3)35-40-27)34-31-29-25(18-33(4,5)19-26(29)38)37(28-17-21(2)39-36-28)32(31)24-9-7-6-8-10-24/h6-17,34H,18-19H2,1-5H3/b16-15+. The number of carbonyl (C=O) groups is 1. The first-order chi connectivity index (χ1) is 19.2. The molecule has 2 aromatic carbocycles. The Morgan fingerprint density at radius 1 is 0.900 bits per heavy atom. The molecule has 1 aliphatic carbocycles. The van der Waals surface area contributed by atoms with Crippen molar-refractivity contribution in [2.24, 2.45) is 5.41 Å². The van der Waals surface area contributed by atoms with Crippen LogP contribution in [0, 0.1) is 26.2 Å². The highest BCUT2D eigenvalue weighted by Gasteiger charge is 2.39. The Bertz CT molecular complexity index is 1730. The first kappa shape index (κ1) is 25.6. The summed E-state index contributed by atoms with van der Waals surface area (Å²) < 4.78 is 13.3. The molecular weight excluding hydrogens is 500 g/mol. The number of carbonyl (C=O) groups excluding carboxylic acids is 1. The van der Waals surface area contributed by atoms with Gasteiger partial charge in [0.15, 0.2) is 17.4 Å². The third-order valence-corrected chi connectivity index (χ3v) is 7.37. The van der Waals surface area contributed by atoms with Crippen molar-refractivity contribution in [2.75, 3.05) is 5.32 Å². The van der Waals surface area contributed by atoms with Gasteiger partial charge in [-0.05, 0) is 44.2 Å². The Morgan fingerprint density at radius 3 is 2.35 bits per heavy atom. The zero-order chi connectivity index (χ0) is 28.0. The number of anilines is 2. The minimum absolute atomic E-state index is 0.0933. The molecule has 0 unspecified atom stereocenters. The molecule has 0 aliphatic heterocycles. The van der Waals surface area contributed by atoms with E-state index in [4.69, 9.17) is 9.05 Å². The normalized spacial score (nSPS) is 14.6. The number of hydrogen-bond donors (Lipinski definition) is 1. The van der Waals surface area contributed by atoms with Crippen LogP contribution in [0.2, 0.25) is 0 Å². The zero-order valence-electron chi connectivity index (χ0n) is 23.4. The fraction of sp³-hybridized carbons (Fsp3) is 0.242. The van der Waals surface area contributed by atoms with Crippen LogP contribution >= 0.6 is 0 Å². The van der Waals surface area contributed by atoms with Gasteiger partial charge in [0.2, 0.25) is 0 Å². The molecule has 0 spiro atoms. The molecule has 0 saturated carbocycles. The molecule has 6 rings (SSSR count). The first-order valence-corrected chi connectivity index (χ1v) is 13.5. The second kappa shape index (κ2) is 9.83. The van der Waals surface area contributed by atoms with Gasteiger partial charge < -0.3 is 14.4 Å². The van der Waals surface area contributed by atoms with Crippen molar-refractivity contribution in [1.29, 1.82) is 0 Å². The van der Waals surface area contributed by atoms with E-state index in [1.807, 2.05) is 62.4 Å². The van der Waals surface area contributed by atoms with Crippen LogP contribution in [0.5, 0.6) is 0 Å². The van der Waals surface area contributed by atoms with Gasteiger partial charge in [-0.1, -0.05) is 90.4 Å². The highest BCUT2D eigenvalue weighted by atomic mass is 16.5. The van der Waals surface area contributed by atoms with Crippen molar-refractivity contribution in [2.45, 2.75) is 47.5 Å². The zero-order valence-corrected chi connectivity index (χ0v) is 23.4. The lowest BCUT2D eigenvalue weighted by Gasteiger charge is -2.29. The number of nitrogens with zero attached hydrogens (tertiary/aromatic N) is 3. The lowest BCUT2D eigenvalue weighted by Crippen LogP contribution is -2.28. The van der Waals surface area contributed by atoms with Gasteiger partial charge in [-0.3, -0.25) is 9.36 Å². The van der Waals surface area contributed by atoms with E-state index in [1.54, 1.807) is 0 Å². The van der Waals surface area contributed by atoms with Gasteiger partial charge in [0.25, 0.3) is 0 Å². The van der Waals surface area contributed by atoms with Crippen LogP contribution in [0.25, 0.3) is 29.2 Å². The summed E-state index contributed by atoms with van der Waals surface area (Å²) in [5.41, 5.74) is 7.59. The van der Waals surface area contributed by atoms with Gasteiger partial charge in [0.1, 0.15) is 17.1 Å². The molecule has 0 bridgehead atoms. The summed E-state index contributed by atoms with van der Waals surface area (Å²) in [6, 6.07) is 20.2. The monoisotopic (exact) mass is 532 g/mol. The highest BCUT2D eigenvalue weighted by molar-refractivity contribution is 6.08. The lowest BCUT2D eigenvalue weighted by atomic mass is 9.76. The molecule has 0 atom stereocenters. The van der Waals surface area contributed by atoms with Crippen LogP contribution in [-0.2, 0) is 6.42 Å². The molecule has 1 aliphatic rings. The number of rotatable bonds is 6. The Labute approximate surface area is 233 Å². The summed E-state index contributed by atoms with van der Waals surface area (Å²) >= 11 is 0. The van der Waals surface area contributed by atoms with Gasteiger partial charge >= 0.3 is 0 Å². The average Bonchev–Trinajstić information content (AvgIpc) is 3.59. The van der Waals surface area contributed by atoms with E-state index in [0.717, 1.165) is 33.9 Å². The van der Waals surface area contributed by atoms with Crippen molar-refractivity contribution in [1.82, 2.24) is 14.9 Å². The average molecular weight is 533 g/mol. The molecule has 40 heavy (non-hydrogen) atoms. The maximum atomic E-state index is 13.8. The molecule has 7 heteroatoms. The van der Waals surface area contributed by atoms with Crippen LogP contribution < -0.4 is 5.32 Å². The fourth-order valence-electron chi connectivity index (χ4n) is 5.46. The Morgan fingerprint density at radius 2 is 1.65 bits per heavy atom. The molecule has 202 valence electrons. The second-order valence-corrected chi connectivity index (χ2v) is 11.4. The predicted octanol–water partition coefficient (Wildman–Crippen LogP) is 8.11. The lowest BCUT2D eigenvalue weighted by molar-refractivity contribution is 0.0911. The maximum Gasteiger partial charge on any atom is 0.183 e. The number of aromatic nitrogens is 3. The van der Waals surface area contributed by atoms with Crippen molar-refractivity contribution in [3.63, 3.8) is 0 Å². The van der Waals surface area contributed by atoms with Crippen LogP contribution in [0.1, 0.15) is 64.7 Å². The van der Waals surface area contributed by atoms with Crippen LogP contribution in [0.3, 0.4) is 0 Å². The van der Waals surface area contributed by atoms with Crippen molar-refractivity contribution in [3.8, 4) is 17.1 Å². The number of Topliss-reactive ketones (excluding diaryl/α,β-unsaturated/α-hetero) is 1. The molecule has 3 aromatic heterocycles. The second-order valence-electron chi connectivity index (χ2n) is 11.4. The molecule has 1 N–H and O–H groups in total. The van der Waals surface area contributed by atoms with E-state index in [0.29, 0.717) is 41.4 Å². The van der Waals surface area contributed by atoms with Crippen molar-refractivity contribution in [3.05, 3.63) is 100 Å². The summed E-state index contributed by atoms with van der Waals surface area (Å²) in [6.45, 7) is 10.1. The summed E-state index contributed by atoms with van der Waals surface area (Å²) in [4.78, 5) is 13.8. The van der Waals surface area contributed by atoms with E-state index < -0.39 is 0 Å². The molecule has 0 fully saturated rings. The van der Waals surface area contributed by atoms with E-state index in [1.165, 1.54) is 5.56 Å². The number of benzene rings is 2. The molecule has 5 aromatic rings. The topological polar surface area (TPSA) is 86.1 Å². The van der Waals surface area contributed by atoms with Crippen LogP contribution in [-0.4, -0.2) is 20.7 Å². The van der Waals surface area contributed by atoms with Gasteiger partial charge in [-0.15, -0.1) is 0 Å². The van der Waals surface area contributed by atoms with Gasteiger partial charge in [0.05, 0.1) is 16.9 Å². The molecular formula is C33H32N4O3. The largest absolute Gasteiger partial charge is 0.360 e. The van der Waals surface area contributed by atoms with Gasteiger partial charge in [0, 0.05) is 23.7 Å². The molecule has 3 heterocycles. The number of nitrogens with one attached hydrogen (secondary N) is 1. The SMILES string of the molecule is Cc1ccc(/C=C/c2onc(C)c2Nc2c3c(n(-c4cc(C)on4)c2-c2ccccc2)CC(C)(C)CC3=O)cc1. The minimum Gasteiger partial charge on any atom is -0.360 e. The quantitative estimate of drug-likeness (QED) is 0.238. The van der Waals surface area contributed by atoms with Crippen LogP contribution in [0.4, 0.5) is 11.4 Å². The number of fused-ring (bicyclic) bond motifs is 1. The fourth-order valence-corrected chi connectivity index (χ4v) is 5.46. The molecule has 0 radical (unpaired) electrons. The smallest absolute Gasteiger partial charge is 0.183 e. The van der Waals surface area contributed by atoms with Crippen molar-refractivity contribution >= 4 is 29.3 Å². The molecule has 0 saturated heterocycles. The Hall–Kier alpha value is -4.65. The van der Waals surface area contributed by atoms with Gasteiger partial charge in [-0.2, -0.15) is 0 Å². The Balaban J connectivity index is 1.55. The van der Waals surface area contributed by atoms with E-state index >= 15 is 0 Å². The molecule has 7 nitrogen and oxygen atoms in total. The maximum absolute atomic E-state index is 13.8. The summed E-state index contributed by atoms with van der Waals surface area (Å²) in [7, 11) is 0. The third kappa shape index (κ3) is 4.68. The number of hydrogen-bond acceptors (Lipinski definition) is 6. The first-order valence-electron chi connectivity index (χ1n) is 13.5. The van der Waals surface area contributed by atoms with E-state index in [-0.39, 0.29) is 11.2 Å². The van der Waals surface area contributed by atoms with Crippen molar-refractivity contribution < 1.29 is 13.8 Å². The number of ketones is 1. The summed E-state index contributed by atoms with van der Waals surface area (Å²) in [5.74, 6) is 2.02. The van der Waals surface area contributed by atoms with Gasteiger partial charge in [-0.25, -0.2) is 0 Å². The minimum atomic E-state index is -0.195. The van der Waals surface area contributed by atoms with E-state index in [2.05, 4.69) is 65.2 Å². The Kier molecular flexibility index (Phi) is 6.29. The number of aryl methyl sites for hydroxylation is 3.